The van der Waals surface area contributed by atoms with Crippen molar-refractivity contribution < 1.29 is 9.85 Å². The molecule has 37 heavy (non-hydrogen) atoms. The lowest BCUT2D eigenvalue weighted by Gasteiger charge is -2.37. The van der Waals surface area contributed by atoms with Gasteiger partial charge in [-0.3, -0.25) is 20.2 Å². The minimum atomic E-state index is -0.432. The van der Waals surface area contributed by atoms with Crippen LogP contribution in [0.4, 0.5) is 22.7 Å². The molecule has 0 saturated carbocycles. The molecule has 5 rings (SSSR count). The van der Waals surface area contributed by atoms with Gasteiger partial charge < -0.3 is 9.80 Å². The van der Waals surface area contributed by atoms with Crippen LogP contribution in [0.1, 0.15) is 10.6 Å². The highest BCUT2D eigenvalue weighted by atomic mass is 32.1. The predicted octanol–water partition coefficient (Wildman–Crippen LogP) is 5.50. The maximum atomic E-state index is 11.9. The molecule has 4 aromatic rings. The summed E-state index contributed by atoms with van der Waals surface area (Å²) in [6, 6.07) is 21.2. The molecule has 0 aliphatic carbocycles. The highest BCUT2D eigenvalue weighted by Gasteiger charge is 2.24. The molecule has 1 fully saturated rings. The van der Waals surface area contributed by atoms with Gasteiger partial charge in [0.15, 0.2) is 0 Å². The van der Waals surface area contributed by atoms with Gasteiger partial charge in [-0.1, -0.05) is 18.2 Å². The zero-order chi connectivity index (χ0) is 25.9. The fourth-order valence-corrected chi connectivity index (χ4v) is 5.26. The third-order valence-corrected chi connectivity index (χ3v) is 7.27. The Kier molecular flexibility index (Phi) is 6.49. The van der Waals surface area contributed by atoms with Gasteiger partial charge in [0.1, 0.15) is 16.8 Å². The smallest absolute Gasteiger partial charge is 0.293 e. The summed E-state index contributed by atoms with van der Waals surface area (Å²) in [4.78, 5) is 30.6. The number of nitrogens with zero attached hydrogens (tertiary/aromatic N) is 6. The Labute approximate surface area is 215 Å². The molecule has 0 amide bonds. The number of fused-ring (bicyclic) bond motifs is 1. The fourth-order valence-electron chi connectivity index (χ4n) is 4.33. The van der Waals surface area contributed by atoms with Crippen LogP contribution in [0.5, 0.6) is 0 Å². The number of rotatable bonds is 6. The molecular formula is C26H20N6O4S. The van der Waals surface area contributed by atoms with Crippen molar-refractivity contribution in [2.45, 2.75) is 0 Å². The monoisotopic (exact) mass is 512 g/mol. The van der Waals surface area contributed by atoms with E-state index in [1.54, 1.807) is 30.3 Å². The molecule has 0 N–H and O–H groups in total. The number of non-ortho nitro benzene ring substituents is 1. The van der Waals surface area contributed by atoms with Gasteiger partial charge in [0, 0.05) is 50.1 Å². The number of thiazole rings is 1. The van der Waals surface area contributed by atoms with Crippen LogP contribution >= 0.6 is 11.3 Å². The van der Waals surface area contributed by atoms with Crippen molar-refractivity contribution in [2.75, 3.05) is 36.0 Å². The quantitative estimate of drug-likeness (QED) is 0.188. The molecule has 1 aliphatic rings. The first-order chi connectivity index (χ1) is 17.9. The Balaban J connectivity index is 1.36. The number of piperazine rings is 1. The van der Waals surface area contributed by atoms with Crippen molar-refractivity contribution in [1.29, 1.82) is 5.26 Å². The SMILES string of the molecule is N#CC(=Cc1ccc(N2CCN(c3ccc([N+](=O)[O-])cc3)CC2)c([N+](=O)[O-])c1)c1nc2ccccc2s1. The summed E-state index contributed by atoms with van der Waals surface area (Å²) in [5.74, 6) is 0. The van der Waals surface area contributed by atoms with E-state index in [0.29, 0.717) is 48.0 Å². The predicted molar refractivity (Wildman–Crippen MR) is 144 cm³/mol. The van der Waals surface area contributed by atoms with Gasteiger partial charge in [0.25, 0.3) is 11.4 Å². The lowest BCUT2D eigenvalue weighted by Crippen LogP contribution is -2.46. The third-order valence-electron chi connectivity index (χ3n) is 6.20. The number of nitro benzene ring substituents is 2. The standard InChI is InChI=1S/C26H20N6O4S/c27-17-19(26-28-22-3-1-2-4-25(22)37-26)15-18-5-10-23(24(16-18)32(35)36)30-13-11-29(12-14-30)20-6-8-21(9-7-20)31(33)34/h1-10,15-16H,11-14H2. The molecule has 11 heteroatoms. The number of anilines is 2. The van der Waals surface area contributed by atoms with Crippen LogP contribution < -0.4 is 9.80 Å². The van der Waals surface area contributed by atoms with Crippen molar-refractivity contribution >= 4 is 56.0 Å². The Hall–Kier alpha value is -4.82. The molecule has 0 unspecified atom stereocenters. The van der Waals surface area contributed by atoms with Crippen LogP contribution in [0.15, 0.2) is 66.7 Å². The summed E-state index contributed by atoms with van der Waals surface area (Å²) in [6.07, 6.45) is 1.63. The van der Waals surface area contributed by atoms with E-state index < -0.39 is 9.85 Å². The number of nitro groups is 2. The maximum Gasteiger partial charge on any atom is 0.293 e. The second kappa shape index (κ2) is 10.0. The molecule has 2 heterocycles. The molecule has 184 valence electrons. The highest BCUT2D eigenvalue weighted by molar-refractivity contribution is 7.19. The largest absolute Gasteiger partial charge is 0.368 e. The second-order valence-electron chi connectivity index (χ2n) is 8.41. The molecule has 1 saturated heterocycles. The number of aromatic nitrogens is 1. The van der Waals surface area contributed by atoms with Crippen LogP contribution in [0.2, 0.25) is 0 Å². The Bertz CT molecular complexity index is 1530. The molecule has 1 aliphatic heterocycles. The van der Waals surface area contributed by atoms with Crippen molar-refractivity contribution in [1.82, 2.24) is 4.98 Å². The first kappa shape index (κ1) is 23.9. The summed E-state index contributed by atoms with van der Waals surface area (Å²) in [6.45, 7) is 2.35. The molecule has 0 bridgehead atoms. The zero-order valence-corrected chi connectivity index (χ0v) is 20.3. The molecule has 0 spiro atoms. The van der Waals surface area contributed by atoms with Gasteiger partial charge in [0.2, 0.25) is 0 Å². The number of nitriles is 1. The van der Waals surface area contributed by atoms with Gasteiger partial charge in [-0.25, -0.2) is 4.98 Å². The van der Waals surface area contributed by atoms with Crippen LogP contribution in [-0.4, -0.2) is 41.0 Å². The number of benzene rings is 3. The van der Waals surface area contributed by atoms with E-state index in [2.05, 4.69) is 16.0 Å². The lowest BCUT2D eigenvalue weighted by molar-refractivity contribution is -0.384. The Morgan fingerprint density at radius 1 is 0.946 bits per heavy atom. The van der Waals surface area contributed by atoms with E-state index in [1.807, 2.05) is 29.2 Å². The second-order valence-corrected chi connectivity index (χ2v) is 9.44. The Morgan fingerprint density at radius 2 is 1.65 bits per heavy atom. The number of para-hydroxylation sites is 1. The van der Waals surface area contributed by atoms with Crippen LogP contribution in [-0.2, 0) is 0 Å². The molecule has 0 radical (unpaired) electrons. The normalized spacial score (nSPS) is 14.0. The first-order valence-electron chi connectivity index (χ1n) is 11.4. The molecule has 0 atom stereocenters. The lowest BCUT2D eigenvalue weighted by atomic mass is 10.1. The third kappa shape index (κ3) is 4.96. The molecule has 10 nitrogen and oxygen atoms in total. The van der Waals surface area contributed by atoms with Gasteiger partial charge >= 0.3 is 0 Å². The van der Waals surface area contributed by atoms with Crippen molar-refractivity contribution in [2.24, 2.45) is 0 Å². The zero-order valence-electron chi connectivity index (χ0n) is 19.5. The van der Waals surface area contributed by atoms with Gasteiger partial charge in [-0.2, -0.15) is 5.26 Å². The van der Waals surface area contributed by atoms with Crippen molar-refractivity contribution in [3.8, 4) is 6.07 Å². The summed E-state index contributed by atoms with van der Waals surface area (Å²) in [7, 11) is 0. The number of hydrogen-bond donors (Lipinski definition) is 0. The van der Waals surface area contributed by atoms with E-state index >= 15 is 0 Å². The van der Waals surface area contributed by atoms with Crippen molar-refractivity contribution in [3.05, 3.63) is 97.5 Å². The van der Waals surface area contributed by atoms with E-state index in [4.69, 9.17) is 0 Å². The fraction of sp³-hybridized carbons (Fsp3) is 0.154. The van der Waals surface area contributed by atoms with E-state index in [1.165, 1.54) is 29.5 Å². The average molecular weight is 513 g/mol. The summed E-state index contributed by atoms with van der Waals surface area (Å²) in [5.41, 5.74) is 3.10. The summed E-state index contributed by atoms with van der Waals surface area (Å²) >= 11 is 1.40. The first-order valence-corrected chi connectivity index (χ1v) is 12.2. The molecule has 3 aromatic carbocycles. The van der Waals surface area contributed by atoms with Gasteiger partial charge in [-0.15, -0.1) is 11.3 Å². The Morgan fingerprint density at radius 3 is 2.30 bits per heavy atom. The molecule has 1 aromatic heterocycles. The summed E-state index contributed by atoms with van der Waals surface area (Å²) < 4.78 is 0.966. The number of hydrogen-bond acceptors (Lipinski definition) is 9. The van der Waals surface area contributed by atoms with Crippen molar-refractivity contribution in [3.63, 3.8) is 0 Å². The number of allylic oxidation sites excluding steroid dienone is 1. The van der Waals surface area contributed by atoms with Gasteiger partial charge in [-0.05, 0) is 42.0 Å². The van der Waals surface area contributed by atoms with E-state index in [0.717, 1.165) is 15.9 Å². The average Bonchev–Trinajstić information content (AvgIpc) is 3.36. The van der Waals surface area contributed by atoms with Gasteiger partial charge in [0.05, 0.1) is 25.6 Å². The van der Waals surface area contributed by atoms with E-state index in [9.17, 15) is 25.5 Å². The van der Waals surface area contributed by atoms with Crippen LogP contribution in [0.25, 0.3) is 21.9 Å². The topological polar surface area (TPSA) is 129 Å². The van der Waals surface area contributed by atoms with E-state index in [-0.39, 0.29) is 11.4 Å². The minimum Gasteiger partial charge on any atom is -0.368 e. The van der Waals surface area contributed by atoms with Crippen LogP contribution in [0, 0.1) is 31.6 Å². The minimum absolute atomic E-state index is 0.0286. The maximum absolute atomic E-state index is 11.9. The highest BCUT2D eigenvalue weighted by Crippen LogP contribution is 2.33. The summed E-state index contributed by atoms with van der Waals surface area (Å²) in [5, 5.41) is 33.1. The van der Waals surface area contributed by atoms with Crippen LogP contribution in [0.3, 0.4) is 0 Å². The molecular weight excluding hydrogens is 492 g/mol.